The number of rotatable bonds is 8. The summed E-state index contributed by atoms with van der Waals surface area (Å²) in [5, 5.41) is 0. The fraction of sp³-hybridized carbons (Fsp3) is 0.481. The van der Waals surface area contributed by atoms with Crippen LogP contribution in [-0.4, -0.2) is 40.3 Å². The quantitative estimate of drug-likeness (QED) is 0.405. The van der Waals surface area contributed by atoms with E-state index in [4.69, 9.17) is 0 Å². The predicted molar refractivity (Wildman–Crippen MR) is 127 cm³/mol. The van der Waals surface area contributed by atoms with Crippen molar-refractivity contribution >= 4 is 0 Å². The summed E-state index contributed by atoms with van der Waals surface area (Å²) < 4.78 is 29.3. The summed E-state index contributed by atoms with van der Waals surface area (Å²) in [5.41, 5.74) is 2.29. The van der Waals surface area contributed by atoms with Crippen LogP contribution >= 0.6 is 0 Å². The molecule has 1 saturated heterocycles. The van der Waals surface area contributed by atoms with Gasteiger partial charge < -0.3 is 9.80 Å². The Kier molecular flexibility index (Phi) is 6.30. The highest BCUT2D eigenvalue weighted by Crippen LogP contribution is 2.43. The lowest BCUT2D eigenvalue weighted by Crippen LogP contribution is -2.46. The van der Waals surface area contributed by atoms with E-state index >= 15 is 0 Å². The summed E-state index contributed by atoms with van der Waals surface area (Å²) in [6, 6.07) is 0. The first-order valence-corrected chi connectivity index (χ1v) is 11.7. The molecule has 0 spiro atoms. The molecule has 0 amide bonds. The third-order valence-corrected chi connectivity index (χ3v) is 7.02. The van der Waals surface area contributed by atoms with Gasteiger partial charge in [0.2, 0.25) is 0 Å². The Morgan fingerprint density at radius 1 is 1.28 bits per heavy atom. The SMILES string of the molecule is C=C/C=C(\C=C\[C@H](C)C1CCC1)N1C=C2C(C(C)(F)F)=CC(CN3CC(C)C3)=CN2C1=C. The van der Waals surface area contributed by atoms with Gasteiger partial charge in [0.1, 0.15) is 5.82 Å². The molecule has 1 aliphatic carbocycles. The van der Waals surface area contributed by atoms with Crippen molar-refractivity contribution in [3.63, 3.8) is 0 Å². The number of likely N-dealkylation sites (tertiary alicyclic amines) is 1. The molecule has 172 valence electrons. The molecule has 0 N–H and O–H groups in total. The normalized spacial score (nSPS) is 24.1. The van der Waals surface area contributed by atoms with Gasteiger partial charge in [-0.05, 0) is 54.4 Å². The smallest absolute Gasteiger partial charge is 0.272 e. The van der Waals surface area contributed by atoms with Crippen LogP contribution in [0.2, 0.25) is 0 Å². The van der Waals surface area contributed by atoms with Crippen molar-refractivity contribution in [1.29, 1.82) is 0 Å². The molecule has 0 radical (unpaired) electrons. The van der Waals surface area contributed by atoms with Gasteiger partial charge in [-0.25, -0.2) is 8.78 Å². The molecule has 1 saturated carbocycles. The van der Waals surface area contributed by atoms with E-state index in [9.17, 15) is 8.78 Å². The molecular formula is C27H35F2N3. The Morgan fingerprint density at radius 3 is 2.56 bits per heavy atom. The van der Waals surface area contributed by atoms with Crippen LogP contribution in [0, 0.1) is 17.8 Å². The lowest BCUT2D eigenvalue weighted by Gasteiger charge is -2.38. The maximum atomic E-state index is 14.6. The number of alkyl halides is 2. The summed E-state index contributed by atoms with van der Waals surface area (Å²) in [6.45, 7) is 16.2. The second kappa shape index (κ2) is 8.86. The fourth-order valence-corrected chi connectivity index (χ4v) is 4.91. The highest BCUT2D eigenvalue weighted by atomic mass is 19.3. The van der Waals surface area contributed by atoms with Gasteiger partial charge in [-0.15, -0.1) is 0 Å². The molecule has 3 aliphatic heterocycles. The number of allylic oxidation sites excluding steroid dienone is 5. The molecule has 1 atom stereocenters. The Bertz CT molecular complexity index is 921. The number of nitrogens with zero attached hydrogens (tertiary/aromatic N) is 3. The second-order valence-corrected chi connectivity index (χ2v) is 9.86. The molecule has 2 fully saturated rings. The van der Waals surface area contributed by atoms with Gasteiger partial charge in [0.05, 0.1) is 5.70 Å². The van der Waals surface area contributed by atoms with Crippen LogP contribution in [0.3, 0.4) is 0 Å². The Morgan fingerprint density at radius 2 is 2.00 bits per heavy atom. The number of halogens is 2. The topological polar surface area (TPSA) is 9.72 Å². The molecule has 3 nitrogen and oxygen atoms in total. The average Bonchev–Trinajstić information content (AvgIpc) is 2.98. The summed E-state index contributed by atoms with van der Waals surface area (Å²) in [4.78, 5) is 5.99. The van der Waals surface area contributed by atoms with Gasteiger partial charge >= 0.3 is 0 Å². The van der Waals surface area contributed by atoms with E-state index in [1.54, 1.807) is 18.4 Å². The van der Waals surface area contributed by atoms with Gasteiger partial charge in [0.25, 0.3) is 5.92 Å². The number of hydrogen-bond donors (Lipinski definition) is 0. The monoisotopic (exact) mass is 439 g/mol. The fourth-order valence-electron chi connectivity index (χ4n) is 4.91. The number of hydrogen-bond acceptors (Lipinski definition) is 3. The lowest BCUT2D eigenvalue weighted by molar-refractivity contribution is 0.0628. The third-order valence-electron chi connectivity index (χ3n) is 7.02. The Balaban J connectivity index is 1.60. The van der Waals surface area contributed by atoms with Gasteiger partial charge in [-0.3, -0.25) is 4.90 Å². The summed E-state index contributed by atoms with van der Waals surface area (Å²) in [6.07, 6.45) is 17.2. The van der Waals surface area contributed by atoms with E-state index in [0.29, 0.717) is 29.9 Å². The van der Waals surface area contributed by atoms with E-state index in [1.165, 1.54) is 19.3 Å². The molecular weight excluding hydrogens is 404 g/mol. The summed E-state index contributed by atoms with van der Waals surface area (Å²) in [5.74, 6) is -0.393. The van der Waals surface area contributed by atoms with Crippen molar-refractivity contribution in [2.45, 2.75) is 46.0 Å². The van der Waals surface area contributed by atoms with Crippen LogP contribution in [-0.2, 0) is 0 Å². The lowest BCUT2D eigenvalue weighted by atomic mass is 9.76. The second-order valence-electron chi connectivity index (χ2n) is 9.86. The minimum atomic E-state index is -2.95. The first-order chi connectivity index (χ1) is 15.2. The summed E-state index contributed by atoms with van der Waals surface area (Å²) in [7, 11) is 0. The molecule has 4 rings (SSSR count). The predicted octanol–water partition coefficient (Wildman–Crippen LogP) is 6.41. The molecule has 3 heterocycles. The van der Waals surface area contributed by atoms with Gasteiger partial charge in [0, 0.05) is 50.2 Å². The van der Waals surface area contributed by atoms with Crippen molar-refractivity contribution in [2.75, 3.05) is 19.6 Å². The molecule has 0 aromatic rings. The zero-order chi connectivity index (χ0) is 23.0. The highest BCUT2D eigenvalue weighted by Gasteiger charge is 2.40. The van der Waals surface area contributed by atoms with Crippen LogP contribution in [0.1, 0.15) is 40.0 Å². The third kappa shape index (κ3) is 4.54. The molecule has 0 aromatic heterocycles. The van der Waals surface area contributed by atoms with Gasteiger partial charge in [0.15, 0.2) is 0 Å². The van der Waals surface area contributed by atoms with Crippen molar-refractivity contribution in [2.24, 2.45) is 17.8 Å². The van der Waals surface area contributed by atoms with Crippen LogP contribution in [0.15, 0.2) is 84.3 Å². The van der Waals surface area contributed by atoms with E-state index in [0.717, 1.165) is 37.2 Å². The first-order valence-electron chi connectivity index (χ1n) is 11.7. The van der Waals surface area contributed by atoms with Crippen molar-refractivity contribution in [3.8, 4) is 0 Å². The van der Waals surface area contributed by atoms with Crippen LogP contribution in [0.4, 0.5) is 8.78 Å². The van der Waals surface area contributed by atoms with Crippen LogP contribution in [0.25, 0.3) is 0 Å². The van der Waals surface area contributed by atoms with Crippen molar-refractivity contribution < 1.29 is 8.78 Å². The van der Waals surface area contributed by atoms with E-state index < -0.39 is 5.92 Å². The van der Waals surface area contributed by atoms with Crippen LogP contribution < -0.4 is 0 Å². The molecule has 5 heteroatoms. The first kappa shape index (κ1) is 22.8. The van der Waals surface area contributed by atoms with E-state index in [2.05, 4.69) is 44.1 Å². The molecule has 4 aliphatic rings. The average molecular weight is 440 g/mol. The molecule has 0 bridgehead atoms. The maximum absolute atomic E-state index is 14.6. The van der Waals surface area contributed by atoms with Crippen molar-refractivity contribution in [1.82, 2.24) is 14.7 Å². The molecule has 0 unspecified atom stereocenters. The van der Waals surface area contributed by atoms with Gasteiger partial charge in [-0.2, -0.15) is 0 Å². The molecule has 32 heavy (non-hydrogen) atoms. The Hall–Kier alpha value is -2.40. The van der Waals surface area contributed by atoms with Crippen LogP contribution in [0.5, 0.6) is 0 Å². The number of fused-ring (bicyclic) bond motifs is 1. The Labute approximate surface area is 191 Å². The van der Waals surface area contributed by atoms with Crippen molar-refractivity contribution in [3.05, 3.63) is 84.3 Å². The standard InChI is InChI=1S/C27H35F2N3/c1-6-8-24(12-11-20(3)23-9-7-10-23)31-18-26-25(27(5,28)29)13-22(17-32(26)21(31)4)16-30-14-19(2)15-30/h6,8,11-13,17-20,23H,1,4,7,9-10,14-16H2,2-3,5H3/b12-11+,24-8+/t20-/m0/s1. The zero-order valence-corrected chi connectivity index (χ0v) is 19.5. The minimum Gasteiger partial charge on any atom is -0.301 e. The summed E-state index contributed by atoms with van der Waals surface area (Å²) >= 11 is 0. The largest absolute Gasteiger partial charge is 0.301 e. The highest BCUT2D eigenvalue weighted by molar-refractivity contribution is 5.51. The maximum Gasteiger partial charge on any atom is 0.272 e. The van der Waals surface area contributed by atoms with Gasteiger partial charge in [-0.1, -0.05) is 45.6 Å². The minimum absolute atomic E-state index is 0.0389. The van der Waals surface area contributed by atoms with E-state index in [1.807, 2.05) is 22.1 Å². The zero-order valence-electron chi connectivity index (χ0n) is 19.5. The molecule has 0 aromatic carbocycles. The van der Waals surface area contributed by atoms with E-state index in [-0.39, 0.29) is 5.57 Å².